The van der Waals surface area contributed by atoms with E-state index >= 15 is 0 Å². The normalized spacial score (nSPS) is 19.6. The first-order valence-electron chi connectivity index (χ1n) is 5.56. The second kappa shape index (κ2) is 4.57. The van der Waals surface area contributed by atoms with E-state index in [4.69, 9.17) is 5.11 Å². The van der Waals surface area contributed by atoms with Crippen molar-refractivity contribution < 1.29 is 9.90 Å². The molecule has 1 saturated heterocycles. The van der Waals surface area contributed by atoms with Gasteiger partial charge >= 0.3 is 5.97 Å². The summed E-state index contributed by atoms with van der Waals surface area (Å²) in [7, 11) is 1.68. The molecule has 0 aromatic carbocycles. The Morgan fingerprint density at radius 2 is 2.41 bits per heavy atom. The van der Waals surface area contributed by atoms with Gasteiger partial charge in [0.2, 0.25) is 0 Å². The topological polar surface area (TPSA) is 75.4 Å². The van der Waals surface area contributed by atoms with Gasteiger partial charge in [-0.25, -0.2) is 4.98 Å². The number of aliphatic carboxylic acids is 1. The molecule has 0 aliphatic carbocycles. The molecule has 0 amide bonds. The SMILES string of the molecule is Cn1ccnc(N2CCC(CC(=O)O)C2)c1=O. The van der Waals surface area contributed by atoms with Gasteiger partial charge < -0.3 is 14.6 Å². The number of hydrogen-bond acceptors (Lipinski definition) is 4. The number of nitrogens with zero attached hydrogens (tertiary/aromatic N) is 3. The van der Waals surface area contributed by atoms with Gasteiger partial charge in [0.25, 0.3) is 5.56 Å². The Bertz CT molecular complexity index is 483. The average Bonchev–Trinajstić information content (AvgIpc) is 2.69. The van der Waals surface area contributed by atoms with Gasteiger partial charge in [0.15, 0.2) is 5.82 Å². The third-order valence-corrected chi connectivity index (χ3v) is 3.05. The predicted octanol–water partition coefficient (Wildman–Crippen LogP) is 0.0813. The minimum absolute atomic E-state index is 0.110. The molecular weight excluding hydrogens is 222 g/mol. The molecule has 1 aliphatic rings. The molecule has 1 unspecified atom stereocenters. The number of carboxylic acids is 1. The van der Waals surface area contributed by atoms with Gasteiger partial charge in [-0.1, -0.05) is 0 Å². The first-order valence-corrected chi connectivity index (χ1v) is 5.56. The molecule has 2 rings (SSSR count). The van der Waals surface area contributed by atoms with Crippen LogP contribution in [-0.4, -0.2) is 33.7 Å². The van der Waals surface area contributed by atoms with Crippen LogP contribution in [0.3, 0.4) is 0 Å². The number of rotatable bonds is 3. The van der Waals surface area contributed by atoms with Crippen LogP contribution in [0.1, 0.15) is 12.8 Å². The molecule has 1 aromatic rings. The van der Waals surface area contributed by atoms with E-state index in [0.29, 0.717) is 18.9 Å². The number of carbonyl (C=O) groups is 1. The van der Waals surface area contributed by atoms with Gasteiger partial charge in [-0.15, -0.1) is 0 Å². The Hall–Kier alpha value is -1.85. The zero-order valence-electron chi connectivity index (χ0n) is 9.67. The van der Waals surface area contributed by atoms with Crippen LogP contribution in [0.2, 0.25) is 0 Å². The molecule has 2 heterocycles. The Kier molecular flexibility index (Phi) is 3.12. The summed E-state index contributed by atoms with van der Waals surface area (Å²) in [6.45, 7) is 1.29. The van der Waals surface area contributed by atoms with Crippen LogP contribution in [0.25, 0.3) is 0 Å². The van der Waals surface area contributed by atoms with Crippen molar-refractivity contribution in [3.05, 3.63) is 22.7 Å². The molecule has 1 N–H and O–H groups in total. The minimum atomic E-state index is -0.786. The van der Waals surface area contributed by atoms with E-state index in [-0.39, 0.29) is 17.9 Å². The Balaban J connectivity index is 2.13. The van der Waals surface area contributed by atoms with E-state index in [0.717, 1.165) is 6.42 Å². The Morgan fingerprint density at radius 3 is 3.12 bits per heavy atom. The van der Waals surface area contributed by atoms with Crippen molar-refractivity contribution in [2.24, 2.45) is 13.0 Å². The highest BCUT2D eigenvalue weighted by atomic mass is 16.4. The maximum atomic E-state index is 11.8. The smallest absolute Gasteiger partial charge is 0.303 e. The zero-order chi connectivity index (χ0) is 12.4. The van der Waals surface area contributed by atoms with Gasteiger partial charge in [0, 0.05) is 39.0 Å². The summed E-state index contributed by atoms with van der Waals surface area (Å²) < 4.78 is 1.48. The molecule has 1 fully saturated rings. The lowest BCUT2D eigenvalue weighted by atomic mass is 10.1. The molecule has 1 aliphatic heterocycles. The maximum Gasteiger partial charge on any atom is 0.303 e. The summed E-state index contributed by atoms with van der Waals surface area (Å²) in [6, 6.07) is 0. The van der Waals surface area contributed by atoms with Gasteiger partial charge in [0.05, 0.1) is 0 Å². The number of anilines is 1. The molecule has 6 nitrogen and oxygen atoms in total. The van der Waals surface area contributed by atoms with E-state index in [2.05, 4.69) is 4.98 Å². The summed E-state index contributed by atoms with van der Waals surface area (Å²) in [4.78, 5) is 28.4. The fourth-order valence-electron chi connectivity index (χ4n) is 2.14. The van der Waals surface area contributed by atoms with E-state index in [1.165, 1.54) is 4.57 Å². The molecule has 92 valence electrons. The van der Waals surface area contributed by atoms with Gasteiger partial charge in [-0.2, -0.15) is 0 Å². The molecule has 1 aromatic heterocycles. The van der Waals surface area contributed by atoms with Crippen molar-refractivity contribution in [1.29, 1.82) is 0 Å². The molecule has 6 heteroatoms. The third-order valence-electron chi connectivity index (χ3n) is 3.05. The van der Waals surface area contributed by atoms with Gasteiger partial charge in [-0.05, 0) is 12.3 Å². The van der Waals surface area contributed by atoms with Crippen LogP contribution in [0.5, 0.6) is 0 Å². The quantitative estimate of drug-likeness (QED) is 0.805. The highest BCUT2D eigenvalue weighted by molar-refractivity contribution is 5.67. The second-order valence-electron chi connectivity index (χ2n) is 4.37. The monoisotopic (exact) mass is 237 g/mol. The Morgan fingerprint density at radius 1 is 1.65 bits per heavy atom. The lowest BCUT2D eigenvalue weighted by Gasteiger charge is -2.16. The summed E-state index contributed by atoms with van der Waals surface area (Å²) in [6.07, 6.45) is 4.15. The molecule has 17 heavy (non-hydrogen) atoms. The highest BCUT2D eigenvalue weighted by Gasteiger charge is 2.26. The lowest BCUT2D eigenvalue weighted by Crippen LogP contribution is -2.31. The second-order valence-corrected chi connectivity index (χ2v) is 4.37. The fraction of sp³-hybridized carbons (Fsp3) is 0.545. The third kappa shape index (κ3) is 2.46. The predicted molar refractivity (Wildman–Crippen MR) is 62.1 cm³/mol. The molecule has 1 atom stereocenters. The van der Waals surface area contributed by atoms with Crippen LogP contribution in [0.15, 0.2) is 17.2 Å². The highest BCUT2D eigenvalue weighted by Crippen LogP contribution is 2.21. The summed E-state index contributed by atoms with van der Waals surface area (Å²) >= 11 is 0. The van der Waals surface area contributed by atoms with Crippen molar-refractivity contribution in [3.63, 3.8) is 0 Å². The number of aromatic nitrogens is 2. The van der Waals surface area contributed by atoms with Crippen LogP contribution in [0, 0.1) is 5.92 Å². The lowest BCUT2D eigenvalue weighted by molar-refractivity contribution is -0.137. The van der Waals surface area contributed by atoms with E-state index in [1.807, 2.05) is 4.90 Å². The van der Waals surface area contributed by atoms with Crippen molar-refractivity contribution in [2.45, 2.75) is 12.8 Å². The fourth-order valence-corrected chi connectivity index (χ4v) is 2.14. The summed E-state index contributed by atoms with van der Waals surface area (Å²) in [5, 5.41) is 8.73. The van der Waals surface area contributed by atoms with Crippen LogP contribution < -0.4 is 10.5 Å². The van der Waals surface area contributed by atoms with Crippen LogP contribution in [-0.2, 0) is 11.8 Å². The standard InChI is InChI=1S/C11H15N3O3/c1-13-5-3-12-10(11(13)17)14-4-2-8(7-14)6-9(15)16/h3,5,8H,2,4,6-7H2,1H3,(H,15,16). The maximum absolute atomic E-state index is 11.8. The summed E-state index contributed by atoms with van der Waals surface area (Å²) in [5.74, 6) is -0.257. The first kappa shape index (κ1) is 11.6. The Labute approximate surface area is 98.5 Å². The minimum Gasteiger partial charge on any atom is -0.481 e. The number of aryl methyl sites for hydroxylation is 1. The van der Waals surface area contributed by atoms with Crippen molar-refractivity contribution in [2.75, 3.05) is 18.0 Å². The van der Waals surface area contributed by atoms with Crippen LogP contribution in [0.4, 0.5) is 5.82 Å². The summed E-state index contributed by atoms with van der Waals surface area (Å²) in [5.41, 5.74) is -0.136. The van der Waals surface area contributed by atoms with Crippen molar-refractivity contribution in [1.82, 2.24) is 9.55 Å². The zero-order valence-corrected chi connectivity index (χ0v) is 9.67. The van der Waals surface area contributed by atoms with E-state index in [9.17, 15) is 9.59 Å². The molecule has 0 saturated carbocycles. The molecule has 0 bridgehead atoms. The molecule has 0 radical (unpaired) electrons. The van der Waals surface area contributed by atoms with Crippen molar-refractivity contribution in [3.8, 4) is 0 Å². The number of carboxylic acid groups (broad SMARTS) is 1. The molecule has 0 spiro atoms. The van der Waals surface area contributed by atoms with Crippen LogP contribution >= 0.6 is 0 Å². The average molecular weight is 237 g/mol. The van der Waals surface area contributed by atoms with Gasteiger partial charge in [0.1, 0.15) is 0 Å². The van der Waals surface area contributed by atoms with E-state index < -0.39 is 5.97 Å². The van der Waals surface area contributed by atoms with Gasteiger partial charge in [-0.3, -0.25) is 9.59 Å². The van der Waals surface area contributed by atoms with Crippen molar-refractivity contribution >= 4 is 11.8 Å². The number of hydrogen-bond donors (Lipinski definition) is 1. The molecular formula is C11H15N3O3. The van der Waals surface area contributed by atoms with E-state index in [1.54, 1.807) is 19.4 Å². The first-order chi connectivity index (χ1) is 8.08. The largest absolute Gasteiger partial charge is 0.481 e.